The Hall–Kier alpha value is -4.89. The minimum atomic E-state index is -4.71. The fourth-order valence-corrected chi connectivity index (χ4v) is 4.53. The fraction of sp³-hybridized carbons (Fsp3) is 0.148. The number of nitriles is 1. The average molecular weight is 569 g/mol. The third-order valence-corrected chi connectivity index (χ3v) is 6.42. The molecule has 0 radical (unpaired) electrons. The zero-order valence-corrected chi connectivity index (χ0v) is 21.2. The molecule has 0 saturated heterocycles. The molecule has 0 bridgehead atoms. The SMILES string of the molecule is Cc1nc2cc(C(F)(F)F)cc(C#N)c2c(=O)n1CCOc1ccc(Cl)cc1-c1ccnc2c(C(=O)O)coc12. The van der Waals surface area contributed by atoms with Crippen molar-refractivity contribution in [1.82, 2.24) is 14.5 Å². The summed E-state index contributed by atoms with van der Waals surface area (Å²) in [7, 11) is 0. The monoisotopic (exact) mass is 568 g/mol. The number of carbonyl (C=O) groups is 1. The largest absolute Gasteiger partial charge is 0.491 e. The number of halogens is 4. The highest BCUT2D eigenvalue weighted by Crippen LogP contribution is 2.38. The van der Waals surface area contributed by atoms with E-state index in [-0.39, 0.29) is 46.5 Å². The number of hydrogen-bond acceptors (Lipinski definition) is 7. The number of fused-ring (bicyclic) bond motifs is 2. The van der Waals surface area contributed by atoms with Gasteiger partial charge in [-0.15, -0.1) is 0 Å². The molecule has 5 aromatic rings. The summed E-state index contributed by atoms with van der Waals surface area (Å²) >= 11 is 6.22. The molecular weight excluding hydrogens is 553 g/mol. The van der Waals surface area contributed by atoms with Crippen molar-refractivity contribution in [3.8, 4) is 22.9 Å². The van der Waals surface area contributed by atoms with Gasteiger partial charge < -0.3 is 14.3 Å². The summed E-state index contributed by atoms with van der Waals surface area (Å²) in [5.74, 6) is -0.740. The summed E-state index contributed by atoms with van der Waals surface area (Å²) in [6.45, 7) is 1.35. The Labute approximate surface area is 227 Å². The lowest BCUT2D eigenvalue weighted by atomic mass is 10.0. The summed E-state index contributed by atoms with van der Waals surface area (Å²) in [6, 6.07) is 9.40. The molecule has 0 aliphatic rings. The van der Waals surface area contributed by atoms with Gasteiger partial charge in [-0.3, -0.25) is 14.3 Å². The van der Waals surface area contributed by atoms with Gasteiger partial charge in [-0.2, -0.15) is 18.4 Å². The number of alkyl halides is 3. The van der Waals surface area contributed by atoms with Crippen LogP contribution in [0.4, 0.5) is 13.2 Å². The number of benzene rings is 2. The zero-order valence-electron chi connectivity index (χ0n) is 20.4. The first kappa shape index (κ1) is 26.7. The molecule has 0 atom stereocenters. The minimum Gasteiger partial charge on any atom is -0.491 e. The maximum atomic E-state index is 13.3. The molecule has 9 nitrogen and oxygen atoms in total. The molecule has 3 heterocycles. The van der Waals surface area contributed by atoms with Gasteiger partial charge in [0, 0.05) is 22.3 Å². The number of rotatable bonds is 6. The predicted molar refractivity (Wildman–Crippen MR) is 137 cm³/mol. The second-order valence-electron chi connectivity index (χ2n) is 8.62. The van der Waals surface area contributed by atoms with E-state index in [4.69, 9.17) is 20.8 Å². The van der Waals surface area contributed by atoms with Gasteiger partial charge >= 0.3 is 12.1 Å². The highest BCUT2D eigenvalue weighted by molar-refractivity contribution is 6.31. The van der Waals surface area contributed by atoms with Crippen molar-refractivity contribution in [3.63, 3.8) is 0 Å². The van der Waals surface area contributed by atoms with E-state index in [1.54, 1.807) is 30.3 Å². The highest BCUT2D eigenvalue weighted by Gasteiger charge is 2.32. The Morgan fingerprint density at radius 1 is 1.23 bits per heavy atom. The first-order valence-electron chi connectivity index (χ1n) is 11.5. The molecular formula is C27H16ClF3N4O5. The van der Waals surface area contributed by atoms with Crippen LogP contribution < -0.4 is 10.3 Å². The van der Waals surface area contributed by atoms with Gasteiger partial charge in [0.15, 0.2) is 5.58 Å². The minimum absolute atomic E-state index is 0.0444. The molecule has 0 saturated carbocycles. The van der Waals surface area contributed by atoms with Crippen LogP contribution in [0.2, 0.25) is 5.02 Å². The Morgan fingerprint density at radius 2 is 2.00 bits per heavy atom. The van der Waals surface area contributed by atoms with Gasteiger partial charge in [0.2, 0.25) is 0 Å². The van der Waals surface area contributed by atoms with E-state index in [1.807, 2.05) is 0 Å². The van der Waals surface area contributed by atoms with Gasteiger partial charge in [0.1, 0.15) is 41.6 Å². The second-order valence-corrected chi connectivity index (χ2v) is 9.06. The maximum Gasteiger partial charge on any atom is 0.416 e. The molecule has 40 heavy (non-hydrogen) atoms. The summed E-state index contributed by atoms with van der Waals surface area (Å²) in [6.07, 6.45) is -2.20. The molecule has 0 aliphatic heterocycles. The van der Waals surface area contributed by atoms with Crippen LogP contribution >= 0.6 is 11.6 Å². The number of carboxylic acid groups (broad SMARTS) is 1. The van der Waals surface area contributed by atoms with Gasteiger partial charge in [-0.05, 0) is 43.3 Å². The molecule has 0 aliphatic carbocycles. The van der Waals surface area contributed by atoms with Crippen molar-refractivity contribution < 1.29 is 32.2 Å². The van der Waals surface area contributed by atoms with Gasteiger partial charge in [0.05, 0.1) is 28.6 Å². The molecule has 1 N–H and O–H groups in total. The van der Waals surface area contributed by atoms with Crippen LogP contribution in [0.5, 0.6) is 5.75 Å². The molecule has 13 heteroatoms. The third kappa shape index (κ3) is 4.71. The maximum absolute atomic E-state index is 13.3. The van der Waals surface area contributed by atoms with Crippen molar-refractivity contribution in [3.05, 3.63) is 86.7 Å². The van der Waals surface area contributed by atoms with E-state index < -0.39 is 28.8 Å². The standard InChI is InChI=1S/C27H16ClF3N4O5/c1-13-34-20-9-15(27(29,30)31)8-14(11-32)22(20)25(36)35(13)6-7-39-21-3-2-16(28)10-18(21)17-4-5-33-23-19(26(37)38)12-40-24(17)23/h2-5,8-10,12H,6-7H2,1H3,(H,37,38). The molecule has 0 unspecified atom stereocenters. The lowest BCUT2D eigenvalue weighted by Crippen LogP contribution is -2.27. The molecule has 0 amide bonds. The van der Waals surface area contributed by atoms with E-state index >= 15 is 0 Å². The highest BCUT2D eigenvalue weighted by atomic mass is 35.5. The average Bonchev–Trinajstić information content (AvgIpc) is 3.34. The number of ether oxygens (including phenoxy) is 1. The van der Waals surface area contributed by atoms with Crippen LogP contribution in [0.1, 0.15) is 27.3 Å². The molecule has 0 fully saturated rings. The lowest BCUT2D eigenvalue weighted by molar-refractivity contribution is -0.137. The predicted octanol–water partition coefficient (Wildman–Crippen LogP) is 5.83. The second kappa shape index (κ2) is 10.0. The smallest absolute Gasteiger partial charge is 0.416 e. The van der Waals surface area contributed by atoms with E-state index in [0.29, 0.717) is 28.0 Å². The Bertz CT molecular complexity index is 1920. The van der Waals surface area contributed by atoms with Crippen LogP contribution in [0, 0.1) is 18.3 Å². The number of aryl methyl sites for hydroxylation is 1. The number of nitrogens with zero attached hydrogens (tertiary/aromatic N) is 4. The molecule has 5 rings (SSSR count). The van der Waals surface area contributed by atoms with E-state index in [9.17, 15) is 33.1 Å². The van der Waals surface area contributed by atoms with Crippen molar-refractivity contribution in [1.29, 1.82) is 5.26 Å². The fourth-order valence-electron chi connectivity index (χ4n) is 4.35. The summed E-state index contributed by atoms with van der Waals surface area (Å²) < 4.78 is 52.5. The number of hydrogen-bond donors (Lipinski definition) is 1. The molecule has 3 aromatic heterocycles. The number of aromatic nitrogens is 3. The van der Waals surface area contributed by atoms with E-state index in [2.05, 4.69) is 9.97 Å². The first-order valence-corrected chi connectivity index (χ1v) is 11.9. The number of carboxylic acids is 1. The number of furan rings is 1. The van der Waals surface area contributed by atoms with Crippen LogP contribution in [0.25, 0.3) is 33.1 Å². The molecule has 0 spiro atoms. The Morgan fingerprint density at radius 3 is 2.70 bits per heavy atom. The van der Waals surface area contributed by atoms with Crippen molar-refractivity contribution in [2.24, 2.45) is 0 Å². The Balaban J connectivity index is 1.49. The van der Waals surface area contributed by atoms with Crippen LogP contribution in [0.15, 0.2) is 58.1 Å². The van der Waals surface area contributed by atoms with Crippen LogP contribution in [0.3, 0.4) is 0 Å². The van der Waals surface area contributed by atoms with Gasteiger partial charge in [0.25, 0.3) is 5.56 Å². The quantitative estimate of drug-likeness (QED) is 0.270. The van der Waals surface area contributed by atoms with Gasteiger partial charge in [-0.25, -0.2) is 9.78 Å². The van der Waals surface area contributed by atoms with Gasteiger partial charge in [-0.1, -0.05) is 11.6 Å². The van der Waals surface area contributed by atoms with Crippen molar-refractivity contribution in [2.45, 2.75) is 19.6 Å². The van der Waals surface area contributed by atoms with Crippen LogP contribution in [-0.2, 0) is 12.7 Å². The number of aromatic carboxylic acids is 1. The normalized spacial score (nSPS) is 11.6. The topological polar surface area (TPSA) is 131 Å². The summed E-state index contributed by atoms with van der Waals surface area (Å²) in [5.41, 5.74) is -1.24. The van der Waals surface area contributed by atoms with Crippen molar-refractivity contribution >= 4 is 39.6 Å². The zero-order chi connectivity index (χ0) is 28.8. The number of pyridine rings is 1. The molecule has 202 valence electrons. The Kier molecular flexibility index (Phi) is 6.69. The van der Waals surface area contributed by atoms with E-state index in [1.165, 1.54) is 17.7 Å². The van der Waals surface area contributed by atoms with Crippen molar-refractivity contribution in [2.75, 3.05) is 6.61 Å². The summed E-state index contributed by atoms with van der Waals surface area (Å²) in [5, 5.41) is 19.0. The van der Waals surface area contributed by atoms with E-state index in [0.717, 1.165) is 12.3 Å². The third-order valence-electron chi connectivity index (χ3n) is 6.19. The lowest BCUT2D eigenvalue weighted by Gasteiger charge is -2.15. The first-order chi connectivity index (χ1) is 19.0. The summed E-state index contributed by atoms with van der Waals surface area (Å²) in [4.78, 5) is 33.0. The molecule has 2 aromatic carbocycles. The van der Waals surface area contributed by atoms with Crippen LogP contribution in [-0.4, -0.2) is 32.2 Å².